The zero-order chi connectivity index (χ0) is 35.1. The molecule has 4 heterocycles. The van der Waals surface area contributed by atoms with E-state index in [1.54, 1.807) is 0 Å². The van der Waals surface area contributed by atoms with Crippen LogP contribution in [0.25, 0.3) is 120 Å². The summed E-state index contributed by atoms with van der Waals surface area (Å²) in [5.41, 5.74) is 8.83. The summed E-state index contributed by atoms with van der Waals surface area (Å²) in [7, 11) is 0. The van der Waals surface area contributed by atoms with E-state index in [9.17, 15) is 0 Å². The average molecular weight is 685 g/mol. The highest BCUT2D eigenvalue weighted by molar-refractivity contribution is 6.35. The molecule has 0 aliphatic rings. The van der Waals surface area contributed by atoms with Crippen molar-refractivity contribution in [2.45, 2.75) is 0 Å². The van der Waals surface area contributed by atoms with E-state index in [1.165, 1.54) is 70.4 Å². The van der Waals surface area contributed by atoms with Crippen LogP contribution >= 0.6 is 0 Å². The molecule has 13 rings (SSSR count). The summed E-state index contributed by atoms with van der Waals surface area (Å²) in [6.07, 6.45) is 0. The second-order valence-corrected chi connectivity index (χ2v) is 14.6. The van der Waals surface area contributed by atoms with Crippen molar-refractivity contribution in [3.05, 3.63) is 170 Å². The summed E-state index contributed by atoms with van der Waals surface area (Å²) in [5.74, 6) is 0.667. The zero-order valence-corrected chi connectivity index (χ0v) is 29.0. The van der Waals surface area contributed by atoms with Crippen molar-refractivity contribution in [3.8, 4) is 17.2 Å². The number of para-hydroxylation sites is 2. The molecule has 13 aromatic rings. The first-order valence-corrected chi connectivity index (χ1v) is 18.5. The number of hydrogen-bond donors (Lipinski definition) is 0. The summed E-state index contributed by atoms with van der Waals surface area (Å²) in [5, 5.41) is 15.5. The maximum absolute atomic E-state index is 5.59. The minimum absolute atomic E-state index is 0.667. The topological polar surface area (TPSA) is 35.1 Å². The Morgan fingerprint density at radius 1 is 0.352 bits per heavy atom. The van der Waals surface area contributed by atoms with Gasteiger partial charge in [0.15, 0.2) is 0 Å². The summed E-state index contributed by atoms with van der Waals surface area (Å²) in [4.78, 5) is 11.2. The smallest absolute Gasteiger partial charge is 0.235 e. The zero-order valence-electron chi connectivity index (χ0n) is 29.0. The third-order valence-corrected chi connectivity index (χ3v) is 11.8. The van der Waals surface area contributed by atoms with E-state index in [1.807, 2.05) is 0 Å². The van der Waals surface area contributed by atoms with Gasteiger partial charge in [0, 0.05) is 48.7 Å². The predicted molar refractivity (Wildman–Crippen MR) is 226 cm³/mol. The van der Waals surface area contributed by atoms with Gasteiger partial charge in [0.05, 0.1) is 38.8 Å². The molecular weight excluding hydrogens is 657 g/mol. The van der Waals surface area contributed by atoms with E-state index in [0.29, 0.717) is 5.95 Å². The fourth-order valence-electron chi connectivity index (χ4n) is 9.41. The number of aromatic nitrogens is 4. The standard InChI is InChI=1S/C50H28N4/c1-2-13-31-25-34(22-21-29(31)11-1)46-38-24-23-30-12-5-6-16-35(30)47(38)52-50(51-46)54-43-20-10-8-18-37(43)40-28-39-36-17-7-9-19-42(36)53-44-27-33-15-4-3-14-32(33)26-41(44)45(48(39)53)49(40)54/h1-28H. The lowest BCUT2D eigenvalue weighted by Gasteiger charge is -2.14. The molecule has 54 heavy (non-hydrogen) atoms. The monoisotopic (exact) mass is 684 g/mol. The second-order valence-electron chi connectivity index (χ2n) is 14.6. The molecule has 0 atom stereocenters. The highest BCUT2D eigenvalue weighted by atomic mass is 15.2. The fourth-order valence-corrected chi connectivity index (χ4v) is 9.41. The van der Waals surface area contributed by atoms with E-state index >= 15 is 0 Å². The second kappa shape index (κ2) is 10.2. The Morgan fingerprint density at radius 2 is 0.963 bits per heavy atom. The van der Waals surface area contributed by atoms with Crippen molar-refractivity contribution < 1.29 is 0 Å². The number of nitrogens with zero attached hydrogens (tertiary/aromatic N) is 4. The molecule has 0 radical (unpaired) electrons. The Kier molecular flexibility index (Phi) is 5.34. The van der Waals surface area contributed by atoms with Crippen LogP contribution < -0.4 is 0 Å². The van der Waals surface area contributed by atoms with Gasteiger partial charge in [0.25, 0.3) is 0 Å². The fraction of sp³-hybridized carbons (Fsp3) is 0. The summed E-state index contributed by atoms with van der Waals surface area (Å²) < 4.78 is 4.83. The lowest BCUT2D eigenvalue weighted by molar-refractivity contribution is 1.02. The predicted octanol–water partition coefficient (Wildman–Crippen LogP) is 13.0. The molecule has 0 spiro atoms. The lowest BCUT2D eigenvalue weighted by Crippen LogP contribution is -2.04. The highest BCUT2D eigenvalue weighted by Gasteiger charge is 2.26. The molecule has 0 aliphatic carbocycles. The Hall–Kier alpha value is -7.30. The summed E-state index contributed by atoms with van der Waals surface area (Å²) in [6, 6.07) is 61.6. The molecular formula is C50H28N4. The molecule has 0 N–H and O–H groups in total. The molecule has 0 saturated carbocycles. The van der Waals surface area contributed by atoms with Gasteiger partial charge < -0.3 is 4.40 Å². The Morgan fingerprint density at radius 3 is 1.78 bits per heavy atom. The number of benzene rings is 9. The van der Waals surface area contributed by atoms with Crippen LogP contribution in [-0.4, -0.2) is 18.9 Å². The van der Waals surface area contributed by atoms with Gasteiger partial charge in [0.2, 0.25) is 5.95 Å². The van der Waals surface area contributed by atoms with Gasteiger partial charge in [-0.1, -0.05) is 127 Å². The van der Waals surface area contributed by atoms with E-state index in [4.69, 9.17) is 9.97 Å². The molecule has 9 aromatic carbocycles. The van der Waals surface area contributed by atoms with Crippen molar-refractivity contribution in [3.63, 3.8) is 0 Å². The lowest BCUT2D eigenvalue weighted by atomic mass is 10.00. The molecule has 0 amide bonds. The van der Waals surface area contributed by atoms with Gasteiger partial charge in [-0.05, 0) is 69.4 Å². The third-order valence-electron chi connectivity index (χ3n) is 11.8. The summed E-state index contributed by atoms with van der Waals surface area (Å²) >= 11 is 0. The van der Waals surface area contributed by atoms with E-state index < -0.39 is 0 Å². The number of rotatable bonds is 2. The molecule has 0 unspecified atom stereocenters. The molecule has 248 valence electrons. The molecule has 4 nitrogen and oxygen atoms in total. The SMILES string of the molecule is c1ccc2cc(-c3nc(-n4c5ccccc5c5cc6c7ccccc7n7c8cc9ccccc9cc8c(c54)c67)nc4c3ccc3ccccc34)ccc2c1. The normalized spacial score (nSPS) is 12.4. The molecule has 4 heteroatoms. The largest absolute Gasteiger partial charge is 0.308 e. The van der Waals surface area contributed by atoms with Gasteiger partial charge in [0.1, 0.15) is 0 Å². The molecule has 0 aliphatic heterocycles. The Bertz CT molecular complexity index is 3740. The number of hydrogen-bond acceptors (Lipinski definition) is 2. The van der Waals surface area contributed by atoms with Crippen molar-refractivity contribution in [1.82, 2.24) is 18.9 Å². The van der Waals surface area contributed by atoms with Gasteiger partial charge in [-0.2, -0.15) is 0 Å². The van der Waals surface area contributed by atoms with Gasteiger partial charge >= 0.3 is 0 Å². The van der Waals surface area contributed by atoms with Gasteiger partial charge in [-0.3, -0.25) is 4.57 Å². The van der Waals surface area contributed by atoms with Crippen molar-refractivity contribution in [2.75, 3.05) is 0 Å². The van der Waals surface area contributed by atoms with Crippen molar-refractivity contribution in [2.24, 2.45) is 0 Å². The maximum Gasteiger partial charge on any atom is 0.235 e. The van der Waals surface area contributed by atoms with E-state index in [2.05, 4.69) is 179 Å². The average Bonchev–Trinajstić information content (AvgIpc) is 3.86. The molecule has 0 saturated heterocycles. The Labute approximate surface area is 308 Å². The van der Waals surface area contributed by atoms with Crippen LogP contribution in [0.2, 0.25) is 0 Å². The quantitative estimate of drug-likeness (QED) is 0.170. The van der Waals surface area contributed by atoms with Crippen LogP contribution in [0.4, 0.5) is 0 Å². The third kappa shape index (κ3) is 3.61. The first-order valence-electron chi connectivity index (χ1n) is 18.5. The minimum Gasteiger partial charge on any atom is -0.308 e. The summed E-state index contributed by atoms with van der Waals surface area (Å²) in [6.45, 7) is 0. The van der Waals surface area contributed by atoms with Crippen LogP contribution in [0.1, 0.15) is 0 Å². The highest BCUT2D eigenvalue weighted by Crippen LogP contribution is 2.47. The van der Waals surface area contributed by atoms with Crippen LogP contribution in [0.15, 0.2) is 170 Å². The molecule has 0 fully saturated rings. The van der Waals surface area contributed by atoms with Crippen molar-refractivity contribution >= 4 is 103 Å². The Balaban J connectivity index is 1.26. The van der Waals surface area contributed by atoms with Crippen LogP contribution in [0.3, 0.4) is 0 Å². The van der Waals surface area contributed by atoms with Gasteiger partial charge in [-0.25, -0.2) is 9.97 Å². The first kappa shape index (κ1) is 28.3. The van der Waals surface area contributed by atoms with Crippen LogP contribution in [0.5, 0.6) is 0 Å². The number of fused-ring (bicyclic) bond motifs is 15. The van der Waals surface area contributed by atoms with Gasteiger partial charge in [-0.15, -0.1) is 0 Å². The molecule has 4 aromatic heterocycles. The maximum atomic E-state index is 5.59. The first-order chi connectivity index (χ1) is 26.8. The van der Waals surface area contributed by atoms with Crippen molar-refractivity contribution in [1.29, 1.82) is 0 Å². The minimum atomic E-state index is 0.667. The van der Waals surface area contributed by atoms with E-state index in [-0.39, 0.29) is 0 Å². The molecule has 0 bridgehead atoms. The van der Waals surface area contributed by atoms with Crippen LogP contribution in [-0.2, 0) is 0 Å². The van der Waals surface area contributed by atoms with Crippen LogP contribution in [0, 0.1) is 0 Å². The van der Waals surface area contributed by atoms with E-state index in [0.717, 1.165) is 44.0 Å².